The molecule has 0 saturated carbocycles. The van der Waals surface area contributed by atoms with Gasteiger partial charge in [-0.15, -0.1) is 0 Å². The first-order valence-corrected chi connectivity index (χ1v) is 9.51. The van der Waals surface area contributed by atoms with E-state index in [1.807, 2.05) is 12.1 Å². The number of rotatable bonds is 4. The maximum absolute atomic E-state index is 13.5. The van der Waals surface area contributed by atoms with Crippen molar-refractivity contribution in [2.24, 2.45) is 0 Å². The van der Waals surface area contributed by atoms with Crippen LogP contribution in [0.1, 0.15) is 28.4 Å². The first kappa shape index (κ1) is 20.7. The van der Waals surface area contributed by atoms with Gasteiger partial charge in [0.25, 0.3) is 0 Å². The molecular formula is C24H18F4N2O. The summed E-state index contributed by atoms with van der Waals surface area (Å²) < 4.78 is 53.0. The number of alkyl halides is 3. The Hall–Kier alpha value is -3.61. The minimum Gasteiger partial charge on any atom is -0.505 e. The minimum absolute atomic E-state index is 0.0880. The van der Waals surface area contributed by atoms with Gasteiger partial charge in [0.2, 0.25) is 0 Å². The maximum atomic E-state index is 13.5. The van der Waals surface area contributed by atoms with Crippen molar-refractivity contribution in [1.82, 2.24) is 4.98 Å². The second-order valence-electron chi connectivity index (χ2n) is 7.24. The minimum atomic E-state index is -4.49. The molecule has 2 N–H and O–H groups in total. The van der Waals surface area contributed by atoms with Gasteiger partial charge in [-0.25, -0.2) is 9.37 Å². The SMILES string of the molecule is Cc1ccc2ccc(C(Nc3cccc(C(F)(F)F)c3)c3ccc(F)cc3)c(O)c2n1. The van der Waals surface area contributed by atoms with Crippen molar-refractivity contribution in [2.75, 3.05) is 5.32 Å². The number of anilines is 1. The molecule has 0 aliphatic heterocycles. The Kier molecular flexibility index (Phi) is 5.27. The largest absolute Gasteiger partial charge is 0.505 e. The summed E-state index contributed by atoms with van der Waals surface area (Å²) in [5, 5.41) is 14.7. The van der Waals surface area contributed by atoms with Gasteiger partial charge in [0.1, 0.15) is 17.1 Å². The van der Waals surface area contributed by atoms with Gasteiger partial charge < -0.3 is 10.4 Å². The van der Waals surface area contributed by atoms with Gasteiger partial charge in [0, 0.05) is 22.3 Å². The van der Waals surface area contributed by atoms with Crippen molar-refractivity contribution in [3.63, 3.8) is 0 Å². The fourth-order valence-electron chi connectivity index (χ4n) is 3.47. The van der Waals surface area contributed by atoms with Crippen LogP contribution in [-0.2, 0) is 6.18 Å². The summed E-state index contributed by atoms with van der Waals surface area (Å²) in [7, 11) is 0. The molecule has 31 heavy (non-hydrogen) atoms. The van der Waals surface area contributed by atoms with E-state index in [9.17, 15) is 22.7 Å². The number of nitrogens with zero attached hydrogens (tertiary/aromatic N) is 1. The number of hydrogen-bond acceptors (Lipinski definition) is 3. The number of benzene rings is 3. The average molecular weight is 426 g/mol. The van der Waals surface area contributed by atoms with Crippen LogP contribution in [0.5, 0.6) is 5.75 Å². The van der Waals surface area contributed by atoms with E-state index in [-0.39, 0.29) is 11.4 Å². The lowest BCUT2D eigenvalue weighted by atomic mass is 9.95. The molecule has 0 radical (unpaired) electrons. The molecule has 4 rings (SSSR count). The standard InChI is InChI=1S/C24H18F4N2O/c1-14-5-6-16-9-12-20(23(31)22(16)29-14)21(15-7-10-18(25)11-8-15)30-19-4-2-3-17(13-19)24(26,27)28/h2-13,21,30-31H,1H3. The Labute approximate surface area is 176 Å². The molecule has 0 spiro atoms. The summed E-state index contributed by atoms with van der Waals surface area (Å²) in [5.74, 6) is -0.531. The maximum Gasteiger partial charge on any atom is 0.416 e. The van der Waals surface area contributed by atoms with E-state index in [0.29, 0.717) is 22.3 Å². The van der Waals surface area contributed by atoms with Crippen LogP contribution >= 0.6 is 0 Å². The number of phenolic OH excluding ortho intramolecular Hbond substituents is 1. The Balaban J connectivity index is 1.84. The predicted molar refractivity (Wildman–Crippen MR) is 111 cm³/mol. The lowest BCUT2D eigenvalue weighted by molar-refractivity contribution is -0.137. The van der Waals surface area contributed by atoms with Crippen molar-refractivity contribution in [3.05, 3.63) is 101 Å². The molecule has 3 aromatic carbocycles. The van der Waals surface area contributed by atoms with E-state index in [4.69, 9.17) is 0 Å². The molecule has 1 aromatic heterocycles. The summed E-state index contributed by atoms with van der Waals surface area (Å²) in [6.45, 7) is 1.80. The normalized spacial score (nSPS) is 12.7. The fraction of sp³-hybridized carbons (Fsp3) is 0.125. The van der Waals surface area contributed by atoms with Gasteiger partial charge in [-0.1, -0.05) is 36.4 Å². The van der Waals surface area contributed by atoms with E-state index < -0.39 is 23.6 Å². The van der Waals surface area contributed by atoms with Crippen LogP contribution in [0.4, 0.5) is 23.2 Å². The lowest BCUT2D eigenvalue weighted by Gasteiger charge is -2.23. The highest BCUT2D eigenvalue weighted by atomic mass is 19.4. The number of halogens is 4. The van der Waals surface area contributed by atoms with Gasteiger partial charge >= 0.3 is 6.18 Å². The highest BCUT2D eigenvalue weighted by Gasteiger charge is 2.30. The lowest BCUT2D eigenvalue weighted by Crippen LogP contribution is -2.14. The van der Waals surface area contributed by atoms with Crippen molar-refractivity contribution in [2.45, 2.75) is 19.1 Å². The number of aromatic nitrogens is 1. The molecule has 7 heteroatoms. The van der Waals surface area contributed by atoms with E-state index in [1.165, 1.54) is 36.4 Å². The van der Waals surface area contributed by atoms with Crippen LogP contribution in [0.2, 0.25) is 0 Å². The van der Waals surface area contributed by atoms with Gasteiger partial charge in [0.15, 0.2) is 0 Å². The van der Waals surface area contributed by atoms with Crippen molar-refractivity contribution in [3.8, 4) is 5.75 Å². The molecule has 0 aliphatic carbocycles. The highest BCUT2D eigenvalue weighted by Crippen LogP contribution is 2.38. The van der Waals surface area contributed by atoms with Crippen LogP contribution in [0.25, 0.3) is 10.9 Å². The number of phenols is 1. The molecule has 0 aliphatic rings. The molecule has 1 heterocycles. The summed E-state index contributed by atoms with van der Waals surface area (Å²) in [6.07, 6.45) is -4.49. The molecule has 158 valence electrons. The number of aromatic hydroxyl groups is 1. The Morgan fingerprint density at radius 1 is 0.935 bits per heavy atom. The van der Waals surface area contributed by atoms with Crippen molar-refractivity contribution < 1.29 is 22.7 Å². The summed E-state index contributed by atoms with van der Waals surface area (Å²) in [5.41, 5.74) is 1.49. The molecule has 0 amide bonds. The molecule has 3 nitrogen and oxygen atoms in total. The third kappa shape index (κ3) is 4.30. The van der Waals surface area contributed by atoms with Crippen LogP contribution in [0.15, 0.2) is 72.8 Å². The van der Waals surface area contributed by atoms with Gasteiger partial charge in [-0.05, 0) is 48.9 Å². The molecule has 0 fully saturated rings. The average Bonchev–Trinajstić information content (AvgIpc) is 2.73. The molecule has 0 bridgehead atoms. The zero-order chi connectivity index (χ0) is 22.2. The van der Waals surface area contributed by atoms with E-state index >= 15 is 0 Å². The molecule has 4 aromatic rings. The van der Waals surface area contributed by atoms with E-state index in [1.54, 1.807) is 19.1 Å². The smallest absolute Gasteiger partial charge is 0.416 e. The van der Waals surface area contributed by atoms with E-state index in [0.717, 1.165) is 17.5 Å². The number of aryl methyl sites for hydroxylation is 1. The number of hydrogen-bond donors (Lipinski definition) is 2. The third-order valence-electron chi connectivity index (χ3n) is 5.02. The van der Waals surface area contributed by atoms with Crippen LogP contribution < -0.4 is 5.32 Å². The fourth-order valence-corrected chi connectivity index (χ4v) is 3.47. The summed E-state index contributed by atoms with van der Waals surface area (Å²) >= 11 is 0. The quantitative estimate of drug-likeness (QED) is 0.361. The Morgan fingerprint density at radius 3 is 2.35 bits per heavy atom. The first-order valence-electron chi connectivity index (χ1n) is 9.51. The van der Waals surface area contributed by atoms with Crippen molar-refractivity contribution >= 4 is 16.6 Å². The van der Waals surface area contributed by atoms with Gasteiger partial charge in [-0.3, -0.25) is 0 Å². The Bertz CT molecular complexity index is 1240. The second kappa shape index (κ2) is 7.91. The predicted octanol–water partition coefficient (Wildman–Crippen LogP) is 6.61. The first-order chi connectivity index (χ1) is 14.7. The zero-order valence-corrected chi connectivity index (χ0v) is 16.4. The van der Waals surface area contributed by atoms with Crippen molar-refractivity contribution in [1.29, 1.82) is 0 Å². The van der Waals surface area contributed by atoms with E-state index in [2.05, 4.69) is 10.3 Å². The van der Waals surface area contributed by atoms with Gasteiger partial charge in [0.05, 0.1) is 11.6 Å². The topological polar surface area (TPSA) is 45.1 Å². The molecule has 1 unspecified atom stereocenters. The third-order valence-corrected chi connectivity index (χ3v) is 5.02. The van der Waals surface area contributed by atoms with Gasteiger partial charge in [-0.2, -0.15) is 13.2 Å². The summed E-state index contributed by atoms with van der Waals surface area (Å²) in [4.78, 5) is 4.39. The molecule has 1 atom stereocenters. The van der Waals surface area contributed by atoms with Crippen LogP contribution in [0, 0.1) is 12.7 Å². The number of nitrogens with one attached hydrogen (secondary N) is 1. The zero-order valence-electron chi connectivity index (χ0n) is 16.4. The highest BCUT2D eigenvalue weighted by molar-refractivity contribution is 5.86. The Morgan fingerprint density at radius 2 is 1.65 bits per heavy atom. The second-order valence-corrected chi connectivity index (χ2v) is 7.24. The number of pyridine rings is 1. The number of fused-ring (bicyclic) bond motifs is 1. The van der Waals surface area contributed by atoms with Crippen LogP contribution in [-0.4, -0.2) is 10.1 Å². The monoisotopic (exact) mass is 426 g/mol. The summed E-state index contributed by atoms with van der Waals surface area (Å²) in [6, 6.07) is 16.7. The molecule has 0 saturated heterocycles. The van der Waals surface area contributed by atoms with Crippen LogP contribution in [0.3, 0.4) is 0 Å². The molecular weight excluding hydrogens is 408 g/mol.